The van der Waals surface area contributed by atoms with Crippen molar-refractivity contribution in [3.05, 3.63) is 94.6 Å². The Labute approximate surface area is 171 Å². The molecule has 0 amide bonds. The number of hydrazine groups is 2. The topological polar surface area (TPSA) is 68.7 Å². The zero-order chi connectivity index (χ0) is 20.6. The minimum absolute atomic E-state index is 0.245. The Morgan fingerprint density at radius 2 is 1.83 bits per heavy atom. The maximum atomic E-state index is 9.62. The molecule has 0 unspecified atom stereocenters. The second-order valence-corrected chi connectivity index (χ2v) is 6.48. The van der Waals surface area contributed by atoms with Gasteiger partial charge < -0.3 is 5.11 Å². The van der Waals surface area contributed by atoms with Crippen LogP contribution in [0.25, 0.3) is 5.57 Å². The Morgan fingerprint density at radius 1 is 1.03 bits per heavy atom. The van der Waals surface area contributed by atoms with E-state index >= 15 is 0 Å². The van der Waals surface area contributed by atoms with Crippen molar-refractivity contribution in [2.75, 3.05) is 0 Å². The minimum atomic E-state index is 0.245. The first kappa shape index (κ1) is 20.0. The van der Waals surface area contributed by atoms with Gasteiger partial charge in [-0.05, 0) is 73.9 Å². The third-order valence-electron chi connectivity index (χ3n) is 4.36. The van der Waals surface area contributed by atoms with Crippen molar-refractivity contribution in [2.24, 2.45) is 5.10 Å². The van der Waals surface area contributed by atoms with Gasteiger partial charge in [0.25, 0.3) is 0 Å². The summed E-state index contributed by atoms with van der Waals surface area (Å²) in [5.41, 5.74) is 14.2. The third-order valence-corrected chi connectivity index (χ3v) is 4.36. The molecule has 0 radical (unpaired) electrons. The summed E-state index contributed by atoms with van der Waals surface area (Å²) in [7, 11) is 0. The fourth-order valence-corrected chi connectivity index (χ4v) is 2.91. The average molecular weight is 384 g/mol. The maximum Gasteiger partial charge on any atom is 0.170 e. The summed E-state index contributed by atoms with van der Waals surface area (Å²) in [5.74, 6) is 7.50. The highest BCUT2D eigenvalue weighted by Gasteiger charge is 2.12. The molecule has 29 heavy (non-hydrogen) atoms. The molecule has 2 aromatic rings. The number of rotatable bonds is 4. The summed E-state index contributed by atoms with van der Waals surface area (Å²) >= 11 is 0. The van der Waals surface area contributed by atoms with Gasteiger partial charge in [0.05, 0.1) is 0 Å². The highest BCUT2D eigenvalue weighted by Crippen LogP contribution is 2.23. The number of phenols is 1. The first-order valence-corrected chi connectivity index (χ1v) is 9.38. The number of benzene rings is 2. The fourth-order valence-electron chi connectivity index (χ4n) is 2.91. The largest absolute Gasteiger partial charge is 0.508 e. The number of phenolic OH excluding ortho intramolecular Hbond substituents is 1. The normalized spacial score (nSPS) is 13.8. The van der Waals surface area contributed by atoms with Crippen molar-refractivity contribution in [1.82, 2.24) is 16.5 Å². The van der Waals surface area contributed by atoms with E-state index < -0.39 is 0 Å². The molecular formula is C24H24N4O. The lowest BCUT2D eigenvalue weighted by Gasteiger charge is -2.09. The minimum Gasteiger partial charge on any atom is -0.508 e. The van der Waals surface area contributed by atoms with Crippen molar-refractivity contribution in [2.45, 2.75) is 20.8 Å². The van der Waals surface area contributed by atoms with Gasteiger partial charge in [-0.15, -0.1) is 10.6 Å². The van der Waals surface area contributed by atoms with Gasteiger partial charge in [-0.2, -0.15) is 0 Å². The van der Waals surface area contributed by atoms with Gasteiger partial charge in [0.15, 0.2) is 5.84 Å². The van der Waals surface area contributed by atoms with Gasteiger partial charge >= 0.3 is 0 Å². The highest BCUT2D eigenvalue weighted by atomic mass is 16.3. The van der Waals surface area contributed by atoms with E-state index in [1.165, 1.54) is 0 Å². The van der Waals surface area contributed by atoms with E-state index in [1.54, 1.807) is 12.1 Å². The monoisotopic (exact) mass is 384 g/mol. The number of hydrogen-bond acceptors (Lipinski definition) is 5. The van der Waals surface area contributed by atoms with Crippen LogP contribution in [-0.2, 0) is 0 Å². The lowest BCUT2D eigenvalue weighted by atomic mass is 9.95. The molecule has 0 saturated carbocycles. The van der Waals surface area contributed by atoms with E-state index in [4.69, 9.17) is 0 Å². The van der Waals surface area contributed by atoms with Crippen LogP contribution in [0.3, 0.4) is 0 Å². The summed E-state index contributed by atoms with van der Waals surface area (Å²) < 4.78 is 0. The van der Waals surface area contributed by atoms with Crippen LogP contribution in [0.4, 0.5) is 0 Å². The van der Waals surface area contributed by atoms with Gasteiger partial charge in [-0.1, -0.05) is 42.2 Å². The van der Waals surface area contributed by atoms with Crippen molar-refractivity contribution < 1.29 is 5.11 Å². The van der Waals surface area contributed by atoms with Crippen LogP contribution in [0.5, 0.6) is 5.75 Å². The van der Waals surface area contributed by atoms with Crippen LogP contribution in [0.2, 0.25) is 0 Å². The number of nitrogens with zero attached hydrogens (tertiary/aromatic N) is 1. The van der Waals surface area contributed by atoms with E-state index in [-0.39, 0.29) is 5.75 Å². The van der Waals surface area contributed by atoms with Crippen LogP contribution in [0.15, 0.2) is 71.9 Å². The van der Waals surface area contributed by atoms with Crippen LogP contribution in [0, 0.1) is 18.8 Å². The lowest BCUT2D eigenvalue weighted by Crippen LogP contribution is -2.35. The number of hydrogen-bond donors (Lipinski definition) is 4. The Kier molecular flexibility index (Phi) is 6.51. The average Bonchev–Trinajstić information content (AvgIpc) is 3.25. The number of aromatic hydroxyl groups is 1. The Bertz CT molecular complexity index is 1080. The van der Waals surface area contributed by atoms with E-state index in [0.29, 0.717) is 5.84 Å². The second kappa shape index (κ2) is 9.45. The van der Waals surface area contributed by atoms with Crippen molar-refractivity contribution in [1.29, 1.82) is 0 Å². The highest BCUT2D eigenvalue weighted by molar-refractivity contribution is 6.00. The molecule has 1 aliphatic heterocycles. The predicted octanol–water partition coefficient (Wildman–Crippen LogP) is 3.91. The molecule has 1 heterocycles. The second-order valence-electron chi connectivity index (χ2n) is 6.48. The number of hydrazone groups is 1. The fraction of sp³-hybridized carbons (Fsp3) is 0.125. The van der Waals surface area contributed by atoms with Crippen LogP contribution in [0.1, 0.15) is 41.7 Å². The van der Waals surface area contributed by atoms with Gasteiger partial charge in [-0.3, -0.25) is 5.43 Å². The molecule has 5 heteroatoms. The van der Waals surface area contributed by atoms with Crippen molar-refractivity contribution in [3.8, 4) is 17.6 Å². The first-order chi connectivity index (χ1) is 14.1. The van der Waals surface area contributed by atoms with E-state index in [9.17, 15) is 5.11 Å². The van der Waals surface area contributed by atoms with Gasteiger partial charge in [0, 0.05) is 16.7 Å². The molecule has 2 aromatic carbocycles. The molecule has 0 fully saturated rings. The zero-order valence-electron chi connectivity index (χ0n) is 16.7. The predicted molar refractivity (Wildman–Crippen MR) is 119 cm³/mol. The molecule has 5 nitrogen and oxygen atoms in total. The number of nitrogens with one attached hydrogen (secondary N) is 3. The summed E-state index contributed by atoms with van der Waals surface area (Å²) in [5, 5.41) is 13.8. The molecule has 0 aromatic heterocycles. The molecular weight excluding hydrogens is 360 g/mol. The number of amidine groups is 1. The van der Waals surface area contributed by atoms with E-state index in [0.717, 1.165) is 33.4 Å². The first-order valence-electron chi connectivity index (χ1n) is 9.38. The van der Waals surface area contributed by atoms with E-state index in [1.807, 2.05) is 57.2 Å². The van der Waals surface area contributed by atoms with E-state index in [2.05, 4.69) is 51.7 Å². The summed E-state index contributed by atoms with van der Waals surface area (Å²) in [6.07, 6.45) is 10.2. The van der Waals surface area contributed by atoms with Crippen LogP contribution in [-0.4, -0.2) is 10.9 Å². The quantitative estimate of drug-likeness (QED) is 0.477. The molecule has 0 aliphatic carbocycles. The molecule has 146 valence electrons. The van der Waals surface area contributed by atoms with Crippen molar-refractivity contribution in [3.63, 3.8) is 0 Å². The van der Waals surface area contributed by atoms with Crippen LogP contribution < -0.4 is 16.5 Å². The standard InChI is InChI=1S/C24H24N4O/c1-4-6-8-19(7-5-2)23-16-21(24-25-27-28-26-24)12-11-20(23)10-9-18-13-14-22(29)15-17(18)3/h4-8,11-16,27-29H,1-3H3,(H,25,26)/b6-4-,7-5-,19-8+. The molecule has 1 aliphatic rings. The van der Waals surface area contributed by atoms with Gasteiger partial charge in [-0.25, -0.2) is 5.53 Å². The van der Waals surface area contributed by atoms with Gasteiger partial charge in [0.2, 0.25) is 0 Å². The third kappa shape index (κ3) is 4.95. The molecule has 3 rings (SSSR count). The van der Waals surface area contributed by atoms with Crippen molar-refractivity contribution >= 4 is 11.4 Å². The summed E-state index contributed by atoms with van der Waals surface area (Å²) in [4.78, 5) is 0. The molecule has 0 spiro atoms. The summed E-state index contributed by atoms with van der Waals surface area (Å²) in [6.45, 7) is 5.92. The molecule has 0 bridgehead atoms. The molecule has 0 atom stereocenters. The Balaban J connectivity index is 2.12. The van der Waals surface area contributed by atoms with Gasteiger partial charge in [0.1, 0.15) is 5.75 Å². The Morgan fingerprint density at radius 3 is 2.52 bits per heavy atom. The SMILES string of the molecule is C\C=C/C=C(\C=C/C)c1cc(C2=NNNN2)ccc1C#Cc1ccc(O)cc1C. The lowest BCUT2D eigenvalue weighted by molar-refractivity contribution is 0.475. The molecule has 0 saturated heterocycles. The zero-order valence-corrected chi connectivity index (χ0v) is 16.7. The number of aryl methyl sites for hydroxylation is 1. The van der Waals surface area contributed by atoms with Crippen LogP contribution >= 0.6 is 0 Å². The smallest absolute Gasteiger partial charge is 0.170 e. The Hall–Kier alpha value is -3.75. The number of allylic oxidation sites excluding steroid dienone is 6. The maximum absolute atomic E-state index is 9.62. The molecule has 4 N–H and O–H groups in total. The summed E-state index contributed by atoms with van der Waals surface area (Å²) in [6, 6.07) is 11.3.